The molecule has 0 fully saturated rings. The molecule has 0 saturated heterocycles. The van der Waals surface area contributed by atoms with Crippen LogP contribution in [0.3, 0.4) is 0 Å². The Morgan fingerprint density at radius 2 is 1.74 bits per heavy atom. The summed E-state index contributed by atoms with van der Waals surface area (Å²) in [5.41, 5.74) is 5.69. The van der Waals surface area contributed by atoms with Crippen LogP contribution in [0.15, 0.2) is 65.1 Å². The van der Waals surface area contributed by atoms with Gasteiger partial charge in [-0.1, -0.05) is 44.0 Å². The summed E-state index contributed by atoms with van der Waals surface area (Å²) < 4.78 is 0. The quantitative estimate of drug-likeness (QED) is 0.559. The standard InChI is InChI=1S/C17H18N2/c1-6-18-17(11(2)3)19-16-13(5)12(4)14-9-7-8-10-15(14)16/h7-10H,2,4-6H2,1,3H3/b18-17+,19-16+. The van der Waals surface area contributed by atoms with Crippen molar-refractivity contribution in [3.8, 4) is 0 Å². The van der Waals surface area contributed by atoms with Crippen LogP contribution in [0.2, 0.25) is 0 Å². The lowest BCUT2D eigenvalue weighted by Gasteiger charge is -2.03. The third-order valence-corrected chi connectivity index (χ3v) is 3.06. The molecule has 0 atom stereocenters. The Kier molecular flexibility index (Phi) is 3.61. The van der Waals surface area contributed by atoms with Gasteiger partial charge in [-0.3, -0.25) is 4.99 Å². The maximum atomic E-state index is 4.64. The average molecular weight is 250 g/mol. The Labute approximate surface area is 114 Å². The van der Waals surface area contributed by atoms with Gasteiger partial charge in [0.05, 0.1) is 5.71 Å². The van der Waals surface area contributed by atoms with Crippen LogP contribution in [0.4, 0.5) is 0 Å². The predicted octanol–water partition coefficient (Wildman–Crippen LogP) is 4.05. The summed E-state index contributed by atoms with van der Waals surface area (Å²) in [6.07, 6.45) is 0. The number of hydrogen-bond acceptors (Lipinski definition) is 1. The fourth-order valence-corrected chi connectivity index (χ4v) is 2.07. The van der Waals surface area contributed by atoms with Gasteiger partial charge in [-0.15, -0.1) is 0 Å². The van der Waals surface area contributed by atoms with E-state index in [4.69, 9.17) is 0 Å². The average Bonchev–Trinajstić information content (AvgIpc) is 2.63. The first-order chi connectivity index (χ1) is 9.06. The van der Waals surface area contributed by atoms with Crippen molar-refractivity contribution in [1.82, 2.24) is 0 Å². The van der Waals surface area contributed by atoms with Crippen LogP contribution in [0.5, 0.6) is 0 Å². The van der Waals surface area contributed by atoms with Crippen molar-refractivity contribution in [2.45, 2.75) is 13.8 Å². The summed E-state index contributed by atoms with van der Waals surface area (Å²) >= 11 is 0. The highest BCUT2D eigenvalue weighted by atomic mass is 14.9. The van der Waals surface area contributed by atoms with Crippen LogP contribution in [0.25, 0.3) is 5.57 Å². The van der Waals surface area contributed by atoms with E-state index >= 15 is 0 Å². The van der Waals surface area contributed by atoms with Crippen molar-refractivity contribution in [2.24, 2.45) is 9.98 Å². The fraction of sp³-hybridized carbons (Fsp3) is 0.176. The minimum atomic E-state index is 0.683. The van der Waals surface area contributed by atoms with Crippen molar-refractivity contribution in [2.75, 3.05) is 6.54 Å². The second-order valence-corrected chi connectivity index (χ2v) is 4.54. The summed E-state index contributed by atoms with van der Waals surface area (Å²) in [5.74, 6) is 0.683. The number of rotatable bonds is 2. The molecule has 96 valence electrons. The summed E-state index contributed by atoms with van der Waals surface area (Å²) in [4.78, 5) is 9.02. The van der Waals surface area contributed by atoms with Crippen molar-refractivity contribution < 1.29 is 0 Å². The minimum Gasteiger partial charge on any atom is -0.267 e. The van der Waals surface area contributed by atoms with Gasteiger partial charge >= 0.3 is 0 Å². The highest BCUT2D eigenvalue weighted by Gasteiger charge is 2.24. The van der Waals surface area contributed by atoms with Gasteiger partial charge in [0.2, 0.25) is 0 Å². The first kappa shape index (κ1) is 13.2. The van der Waals surface area contributed by atoms with Gasteiger partial charge in [0.15, 0.2) is 0 Å². The molecule has 0 N–H and O–H groups in total. The van der Waals surface area contributed by atoms with Crippen molar-refractivity contribution >= 4 is 17.1 Å². The number of hydrogen-bond donors (Lipinski definition) is 0. The summed E-state index contributed by atoms with van der Waals surface area (Å²) in [7, 11) is 0. The molecular formula is C17H18N2. The molecule has 2 rings (SSSR count). The molecule has 0 heterocycles. The molecule has 1 aromatic rings. The van der Waals surface area contributed by atoms with Crippen molar-refractivity contribution in [3.05, 3.63) is 66.3 Å². The number of aliphatic imine (C=N–C) groups is 2. The van der Waals surface area contributed by atoms with E-state index in [9.17, 15) is 0 Å². The first-order valence-corrected chi connectivity index (χ1v) is 6.33. The van der Waals surface area contributed by atoms with E-state index in [-0.39, 0.29) is 0 Å². The van der Waals surface area contributed by atoms with Crippen LogP contribution in [0, 0.1) is 0 Å². The maximum absolute atomic E-state index is 4.64. The smallest absolute Gasteiger partial charge is 0.150 e. The van der Waals surface area contributed by atoms with Gasteiger partial charge in [-0.25, -0.2) is 4.99 Å². The number of fused-ring (bicyclic) bond motifs is 1. The topological polar surface area (TPSA) is 24.7 Å². The number of benzene rings is 1. The zero-order valence-corrected chi connectivity index (χ0v) is 11.5. The molecule has 0 unspecified atom stereocenters. The number of allylic oxidation sites excluding steroid dienone is 2. The lowest BCUT2D eigenvalue weighted by Crippen LogP contribution is -2.05. The van der Waals surface area contributed by atoms with Gasteiger partial charge < -0.3 is 0 Å². The van der Waals surface area contributed by atoms with Gasteiger partial charge in [-0.05, 0) is 30.6 Å². The van der Waals surface area contributed by atoms with Crippen molar-refractivity contribution in [1.29, 1.82) is 0 Å². The van der Waals surface area contributed by atoms with E-state index in [1.54, 1.807) is 0 Å². The van der Waals surface area contributed by atoms with Gasteiger partial charge in [0, 0.05) is 17.7 Å². The molecule has 19 heavy (non-hydrogen) atoms. The molecule has 2 nitrogen and oxygen atoms in total. The van der Waals surface area contributed by atoms with Crippen LogP contribution < -0.4 is 0 Å². The maximum Gasteiger partial charge on any atom is 0.150 e. The summed E-state index contributed by atoms with van der Waals surface area (Å²) in [6.45, 7) is 16.7. The highest BCUT2D eigenvalue weighted by Crippen LogP contribution is 2.34. The second-order valence-electron chi connectivity index (χ2n) is 4.54. The minimum absolute atomic E-state index is 0.683. The molecule has 0 aromatic heterocycles. The Morgan fingerprint density at radius 3 is 2.32 bits per heavy atom. The second kappa shape index (κ2) is 5.19. The molecule has 0 radical (unpaired) electrons. The fourth-order valence-electron chi connectivity index (χ4n) is 2.07. The lowest BCUT2D eigenvalue weighted by atomic mass is 10.1. The predicted molar refractivity (Wildman–Crippen MR) is 83.9 cm³/mol. The van der Waals surface area contributed by atoms with E-state index in [1.165, 1.54) is 0 Å². The Hall–Kier alpha value is -2.22. The summed E-state index contributed by atoms with van der Waals surface area (Å²) in [6, 6.07) is 8.08. The summed E-state index contributed by atoms with van der Waals surface area (Å²) in [5, 5.41) is 0. The van der Waals surface area contributed by atoms with E-state index < -0.39 is 0 Å². The number of amidine groups is 1. The molecule has 1 aromatic carbocycles. The van der Waals surface area contributed by atoms with Crippen molar-refractivity contribution in [3.63, 3.8) is 0 Å². The molecule has 0 bridgehead atoms. The molecule has 0 amide bonds. The highest BCUT2D eigenvalue weighted by molar-refractivity contribution is 6.31. The molecule has 0 spiro atoms. The van der Waals surface area contributed by atoms with Gasteiger partial charge in [0.1, 0.15) is 5.84 Å². The first-order valence-electron chi connectivity index (χ1n) is 6.33. The Morgan fingerprint density at radius 1 is 1.11 bits per heavy atom. The third-order valence-electron chi connectivity index (χ3n) is 3.06. The van der Waals surface area contributed by atoms with E-state index in [0.717, 1.165) is 33.6 Å². The largest absolute Gasteiger partial charge is 0.267 e. The molecule has 1 aliphatic carbocycles. The van der Waals surface area contributed by atoms with E-state index in [1.807, 2.05) is 38.1 Å². The zero-order valence-electron chi connectivity index (χ0n) is 11.5. The molecule has 1 aliphatic rings. The van der Waals surface area contributed by atoms with Crippen LogP contribution in [0.1, 0.15) is 25.0 Å². The monoisotopic (exact) mass is 250 g/mol. The lowest BCUT2D eigenvalue weighted by molar-refractivity contribution is 1.12. The van der Waals surface area contributed by atoms with E-state index in [0.29, 0.717) is 12.4 Å². The van der Waals surface area contributed by atoms with Crippen LogP contribution in [-0.4, -0.2) is 18.1 Å². The van der Waals surface area contributed by atoms with Gasteiger partial charge in [0.25, 0.3) is 0 Å². The van der Waals surface area contributed by atoms with E-state index in [2.05, 4.69) is 29.7 Å². The molecule has 2 heteroatoms. The van der Waals surface area contributed by atoms with Gasteiger partial charge in [-0.2, -0.15) is 0 Å². The SMILES string of the molecule is C=C(C)C(=N\CC)/N=C1\C(=C)C(=C)c2ccccc21. The molecule has 0 saturated carbocycles. The normalized spacial score (nSPS) is 16.9. The Bertz CT molecular complexity index is 630. The van der Waals surface area contributed by atoms with Crippen LogP contribution in [-0.2, 0) is 0 Å². The Balaban J connectivity index is 2.57. The molecular weight excluding hydrogens is 232 g/mol. The van der Waals surface area contributed by atoms with Crippen LogP contribution >= 0.6 is 0 Å². The third kappa shape index (κ3) is 2.34. The zero-order chi connectivity index (χ0) is 14.0. The number of nitrogens with zero attached hydrogens (tertiary/aromatic N) is 2. The molecule has 0 aliphatic heterocycles.